The van der Waals surface area contributed by atoms with Crippen molar-refractivity contribution in [1.29, 1.82) is 0 Å². The summed E-state index contributed by atoms with van der Waals surface area (Å²) in [5.41, 5.74) is 6.12. The molecule has 0 spiro atoms. The molecule has 2 unspecified atom stereocenters. The van der Waals surface area contributed by atoms with Crippen LogP contribution >= 0.6 is 0 Å². The minimum Gasteiger partial charge on any atom is -0.489 e. The highest BCUT2D eigenvalue weighted by Crippen LogP contribution is 2.20. The Hall–Kier alpha value is -1.70. The fraction of sp³-hybridized carbons (Fsp3) is 0.632. The van der Waals surface area contributed by atoms with Crippen molar-refractivity contribution in [2.75, 3.05) is 33.4 Å². The Bertz CT molecular complexity index is 595. The molecule has 0 aromatic heterocycles. The molecule has 6 nitrogen and oxygen atoms in total. The number of halogens is 1. The summed E-state index contributed by atoms with van der Waals surface area (Å²) in [6.45, 7) is 2.74. The van der Waals surface area contributed by atoms with Gasteiger partial charge in [-0.1, -0.05) is 12.1 Å². The molecule has 2 fully saturated rings. The fourth-order valence-corrected chi connectivity index (χ4v) is 3.43. The van der Waals surface area contributed by atoms with Gasteiger partial charge in [-0.2, -0.15) is 0 Å². The number of rotatable bonds is 7. The fourth-order valence-electron chi connectivity index (χ4n) is 3.43. The number of hydrogen-bond acceptors (Lipinski definition) is 5. The van der Waals surface area contributed by atoms with E-state index in [0.717, 1.165) is 39.0 Å². The number of carbonyl (C=O) groups is 1. The number of para-hydroxylation sites is 1. The third-order valence-corrected chi connectivity index (χ3v) is 5.15. The SMILES string of the molecule is CN(CCC1CCOCC1)C(=O)C1CC(COc2ccccc2F)NN1. The smallest absolute Gasteiger partial charge is 0.240 e. The molecule has 2 aliphatic heterocycles. The van der Waals surface area contributed by atoms with Gasteiger partial charge < -0.3 is 14.4 Å². The van der Waals surface area contributed by atoms with Crippen LogP contribution in [0.1, 0.15) is 25.7 Å². The molecular weight excluding hydrogens is 337 g/mol. The largest absolute Gasteiger partial charge is 0.489 e. The van der Waals surface area contributed by atoms with E-state index < -0.39 is 0 Å². The minimum atomic E-state index is -0.376. The first-order chi connectivity index (χ1) is 12.6. The predicted molar refractivity (Wildman–Crippen MR) is 96.2 cm³/mol. The van der Waals surface area contributed by atoms with Crippen LogP contribution in [0.25, 0.3) is 0 Å². The molecule has 3 rings (SSSR count). The summed E-state index contributed by atoms with van der Waals surface area (Å²) >= 11 is 0. The average Bonchev–Trinajstić information content (AvgIpc) is 3.14. The topological polar surface area (TPSA) is 62.8 Å². The van der Waals surface area contributed by atoms with Crippen LogP contribution in [0.4, 0.5) is 4.39 Å². The predicted octanol–water partition coefficient (Wildman–Crippen LogP) is 1.71. The summed E-state index contributed by atoms with van der Waals surface area (Å²) in [6.07, 6.45) is 3.81. The normalized spacial score (nSPS) is 23.8. The molecule has 2 saturated heterocycles. The van der Waals surface area contributed by atoms with Gasteiger partial charge in [0.25, 0.3) is 0 Å². The molecule has 144 valence electrons. The lowest BCUT2D eigenvalue weighted by molar-refractivity contribution is -0.132. The van der Waals surface area contributed by atoms with Gasteiger partial charge in [0, 0.05) is 26.8 Å². The Balaban J connectivity index is 1.39. The number of amides is 1. The van der Waals surface area contributed by atoms with E-state index in [2.05, 4.69) is 10.9 Å². The lowest BCUT2D eigenvalue weighted by atomic mass is 9.96. The van der Waals surface area contributed by atoms with Crippen molar-refractivity contribution in [3.8, 4) is 5.75 Å². The maximum absolute atomic E-state index is 13.6. The number of benzene rings is 1. The molecule has 2 N–H and O–H groups in total. The Morgan fingerprint density at radius 2 is 2.08 bits per heavy atom. The van der Waals surface area contributed by atoms with E-state index >= 15 is 0 Å². The Morgan fingerprint density at radius 1 is 1.31 bits per heavy atom. The van der Waals surface area contributed by atoms with E-state index in [1.807, 2.05) is 7.05 Å². The van der Waals surface area contributed by atoms with Crippen LogP contribution in [0.15, 0.2) is 24.3 Å². The van der Waals surface area contributed by atoms with E-state index in [-0.39, 0.29) is 29.6 Å². The van der Waals surface area contributed by atoms with Crippen molar-refractivity contribution in [1.82, 2.24) is 15.8 Å². The van der Waals surface area contributed by atoms with Gasteiger partial charge in [-0.3, -0.25) is 10.2 Å². The zero-order valence-corrected chi connectivity index (χ0v) is 15.2. The quantitative estimate of drug-likeness (QED) is 0.770. The van der Waals surface area contributed by atoms with Gasteiger partial charge in [-0.25, -0.2) is 9.82 Å². The molecule has 2 aliphatic rings. The van der Waals surface area contributed by atoms with E-state index in [1.54, 1.807) is 23.1 Å². The number of hydrazine groups is 1. The van der Waals surface area contributed by atoms with E-state index in [4.69, 9.17) is 9.47 Å². The van der Waals surface area contributed by atoms with Crippen molar-refractivity contribution in [3.05, 3.63) is 30.1 Å². The second kappa shape index (κ2) is 9.30. The standard InChI is InChI=1S/C19H28FN3O3/c1-23(9-6-14-7-10-25-11-8-14)19(24)17-12-15(21-22-17)13-26-18-5-3-2-4-16(18)20/h2-5,14-15,17,21-22H,6-13H2,1H3. The van der Waals surface area contributed by atoms with Crippen LogP contribution < -0.4 is 15.6 Å². The van der Waals surface area contributed by atoms with Crippen LogP contribution in [0, 0.1) is 11.7 Å². The van der Waals surface area contributed by atoms with Gasteiger partial charge in [-0.15, -0.1) is 0 Å². The first kappa shape index (κ1) is 19.1. The summed E-state index contributed by atoms with van der Waals surface area (Å²) in [5, 5.41) is 0. The Kier molecular flexibility index (Phi) is 6.82. The van der Waals surface area contributed by atoms with Crippen LogP contribution in [0.3, 0.4) is 0 Å². The number of likely N-dealkylation sites (N-methyl/N-ethyl adjacent to an activating group) is 1. The summed E-state index contributed by atoms with van der Waals surface area (Å²) in [7, 11) is 1.85. The third-order valence-electron chi connectivity index (χ3n) is 5.15. The van der Waals surface area contributed by atoms with Gasteiger partial charge in [0.1, 0.15) is 12.6 Å². The van der Waals surface area contributed by atoms with Crippen LogP contribution in [-0.4, -0.2) is 56.3 Å². The molecule has 26 heavy (non-hydrogen) atoms. The lowest BCUT2D eigenvalue weighted by Crippen LogP contribution is -2.45. The number of ether oxygens (including phenoxy) is 2. The number of hydrogen-bond donors (Lipinski definition) is 2. The van der Waals surface area contributed by atoms with Gasteiger partial charge in [0.05, 0.1) is 6.04 Å². The highest BCUT2D eigenvalue weighted by atomic mass is 19.1. The molecule has 0 radical (unpaired) electrons. The highest BCUT2D eigenvalue weighted by Gasteiger charge is 2.31. The summed E-state index contributed by atoms with van der Waals surface area (Å²) in [5.74, 6) is 0.588. The maximum Gasteiger partial charge on any atom is 0.240 e. The van der Waals surface area contributed by atoms with Crippen molar-refractivity contribution < 1.29 is 18.7 Å². The van der Waals surface area contributed by atoms with E-state index in [9.17, 15) is 9.18 Å². The van der Waals surface area contributed by atoms with Crippen LogP contribution in [0.5, 0.6) is 5.75 Å². The van der Waals surface area contributed by atoms with Crippen molar-refractivity contribution in [2.45, 2.75) is 37.8 Å². The van der Waals surface area contributed by atoms with Crippen LogP contribution in [-0.2, 0) is 9.53 Å². The van der Waals surface area contributed by atoms with Gasteiger partial charge in [-0.05, 0) is 43.7 Å². The zero-order chi connectivity index (χ0) is 18.4. The zero-order valence-electron chi connectivity index (χ0n) is 15.2. The van der Waals surface area contributed by atoms with Crippen LogP contribution in [0.2, 0.25) is 0 Å². The molecular formula is C19H28FN3O3. The molecule has 1 aromatic rings. The Morgan fingerprint density at radius 3 is 2.85 bits per heavy atom. The average molecular weight is 365 g/mol. The number of carbonyl (C=O) groups excluding carboxylic acids is 1. The molecule has 2 atom stereocenters. The second-order valence-electron chi connectivity index (χ2n) is 7.12. The molecule has 0 bridgehead atoms. The molecule has 2 heterocycles. The van der Waals surface area contributed by atoms with E-state index in [1.165, 1.54) is 6.07 Å². The summed E-state index contributed by atoms with van der Waals surface area (Å²) in [4.78, 5) is 14.4. The van der Waals surface area contributed by atoms with E-state index in [0.29, 0.717) is 18.9 Å². The summed E-state index contributed by atoms with van der Waals surface area (Å²) < 4.78 is 24.5. The summed E-state index contributed by atoms with van der Waals surface area (Å²) in [6, 6.07) is 6.03. The van der Waals surface area contributed by atoms with Gasteiger partial charge >= 0.3 is 0 Å². The Labute approximate surface area is 154 Å². The molecule has 1 aromatic carbocycles. The number of nitrogens with one attached hydrogen (secondary N) is 2. The first-order valence-corrected chi connectivity index (χ1v) is 9.34. The van der Waals surface area contributed by atoms with Gasteiger partial charge in [0.15, 0.2) is 11.6 Å². The number of nitrogens with zero attached hydrogens (tertiary/aromatic N) is 1. The third kappa shape index (κ3) is 5.16. The molecule has 0 saturated carbocycles. The highest BCUT2D eigenvalue weighted by molar-refractivity contribution is 5.81. The minimum absolute atomic E-state index is 0.0348. The molecule has 1 amide bonds. The lowest BCUT2D eigenvalue weighted by Gasteiger charge is -2.26. The first-order valence-electron chi connectivity index (χ1n) is 9.34. The monoisotopic (exact) mass is 365 g/mol. The van der Waals surface area contributed by atoms with Crippen molar-refractivity contribution in [3.63, 3.8) is 0 Å². The maximum atomic E-state index is 13.6. The van der Waals surface area contributed by atoms with Crippen molar-refractivity contribution >= 4 is 5.91 Å². The molecule has 0 aliphatic carbocycles. The molecule has 7 heteroatoms. The van der Waals surface area contributed by atoms with Crippen molar-refractivity contribution in [2.24, 2.45) is 5.92 Å². The second-order valence-corrected chi connectivity index (χ2v) is 7.12. The van der Waals surface area contributed by atoms with Gasteiger partial charge in [0.2, 0.25) is 5.91 Å².